The molecule has 3 N–H and O–H groups in total. The average molecular weight is 213 g/mol. The van der Waals surface area contributed by atoms with Crippen molar-refractivity contribution >= 4 is 10.8 Å². The van der Waals surface area contributed by atoms with E-state index in [-0.39, 0.29) is 11.0 Å². The molecule has 3 nitrogen and oxygen atoms in total. The average Bonchev–Trinajstić information content (AvgIpc) is 2.16. The summed E-state index contributed by atoms with van der Waals surface area (Å²) < 4.78 is 11.6. The van der Waals surface area contributed by atoms with Crippen molar-refractivity contribution in [2.45, 2.75) is 17.9 Å². The van der Waals surface area contributed by atoms with E-state index in [1.807, 2.05) is 13.0 Å². The Hall–Kier alpha value is -0.870. The van der Waals surface area contributed by atoms with Crippen LogP contribution in [0, 0.1) is 0 Å². The Kier molecular flexibility index (Phi) is 4.10. The van der Waals surface area contributed by atoms with Gasteiger partial charge in [-0.2, -0.15) is 0 Å². The summed E-state index contributed by atoms with van der Waals surface area (Å²) in [6, 6.07) is 6.82. The van der Waals surface area contributed by atoms with E-state index in [1.165, 1.54) is 0 Å². The van der Waals surface area contributed by atoms with Crippen LogP contribution in [0.15, 0.2) is 24.3 Å². The van der Waals surface area contributed by atoms with Gasteiger partial charge in [-0.25, -0.2) is 0 Å². The van der Waals surface area contributed by atoms with Crippen molar-refractivity contribution in [1.82, 2.24) is 0 Å². The molecule has 0 aliphatic heterocycles. The first kappa shape index (κ1) is 11.2. The summed E-state index contributed by atoms with van der Waals surface area (Å²) in [5, 5.41) is 9.20. The third-order valence-corrected chi connectivity index (χ3v) is 3.71. The molecule has 0 amide bonds. The maximum absolute atomic E-state index is 11.6. The molecule has 0 bridgehead atoms. The van der Waals surface area contributed by atoms with Crippen molar-refractivity contribution in [1.29, 1.82) is 0 Å². The van der Waals surface area contributed by atoms with Gasteiger partial charge in [0.25, 0.3) is 0 Å². The fourth-order valence-corrected chi connectivity index (χ4v) is 2.07. The molecule has 0 saturated heterocycles. The van der Waals surface area contributed by atoms with Crippen molar-refractivity contribution in [3.05, 3.63) is 29.8 Å². The lowest BCUT2D eigenvalue weighted by Gasteiger charge is -2.08. The van der Waals surface area contributed by atoms with Crippen molar-refractivity contribution < 1.29 is 9.32 Å². The fraction of sp³-hybridized carbons (Fsp3) is 0.400. The monoisotopic (exact) mass is 213 g/mol. The quantitative estimate of drug-likeness (QED) is 0.784. The van der Waals surface area contributed by atoms with Crippen molar-refractivity contribution in [3.8, 4) is 5.75 Å². The Labute approximate surface area is 86.4 Å². The Balaban J connectivity index is 2.65. The second-order valence-electron chi connectivity index (χ2n) is 3.24. The van der Waals surface area contributed by atoms with Gasteiger partial charge >= 0.3 is 0 Å². The normalized spacial score (nSPS) is 15.0. The Bertz CT molecular complexity index is 328. The molecule has 4 heteroatoms. The number of rotatable bonds is 4. The zero-order valence-electron chi connectivity index (χ0n) is 8.14. The van der Waals surface area contributed by atoms with E-state index in [0.717, 1.165) is 5.56 Å². The highest BCUT2D eigenvalue weighted by Gasteiger charge is 2.09. The van der Waals surface area contributed by atoms with Gasteiger partial charge in [0.1, 0.15) is 5.75 Å². The van der Waals surface area contributed by atoms with Crippen molar-refractivity contribution in [2.24, 2.45) is 5.73 Å². The summed E-state index contributed by atoms with van der Waals surface area (Å²) in [7, 11) is -0.960. The molecule has 0 fully saturated rings. The van der Waals surface area contributed by atoms with Crippen LogP contribution in [0.1, 0.15) is 12.5 Å². The first-order valence-corrected chi connectivity index (χ1v) is 5.87. The summed E-state index contributed by atoms with van der Waals surface area (Å²) in [6.07, 6.45) is 0. The number of aromatic hydroxyl groups is 1. The predicted molar refractivity (Wildman–Crippen MR) is 58.5 cm³/mol. The molecule has 0 radical (unpaired) electrons. The molecule has 1 aromatic carbocycles. The van der Waals surface area contributed by atoms with Gasteiger partial charge in [0.05, 0.1) is 0 Å². The molecular formula is C10H15NO2S. The lowest BCUT2D eigenvalue weighted by atomic mass is 10.2. The summed E-state index contributed by atoms with van der Waals surface area (Å²) >= 11 is 0. The smallest absolute Gasteiger partial charge is 0.115 e. The van der Waals surface area contributed by atoms with E-state index in [9.17, 15) is 9.32 Å². The van der Waals surface area contributed by atoms with Gasteiger partial charge in [-0.05, 0) is 24.6 Å². The molecule has 2 unspecified atom stereocenters. The van der Waals surface area contributed by atoms with Gasteiger partial charge in [0.2, 0.25) is 0 Å². The van der Waals surface area contributed by atoms with Crippen molar-refractivity contribution in [2.75, 3.05) is 6.54 Å². The Morgan fingerprint density at radius 2 is 2.29 bits per heavy atom. The molecular weight excluding hydrogens is 198 g/mol. The Morgan fingerprint density at radius 3 is 2.86 bits per heavy atom. The molecule has 14 heavy (non-hydrogen) atoms. The summed E-state index contributed by atoms with van der Waals surface area (Å²) in [5.41, 5.74) is 6.29. The molecule has 0 heterocycles. The lowest BCUT2D eigenvalue weighted by molar-refractivity contribution is 0.475. The van der Waals surface area contributed by atoms with Crippen LogP contribution in [0.25, 0.3) is 0 Å². The third kappa shape index (κ3) is 3.12. The van der Waals surface area contributed by atoms with E-state index in [0.29, 0.717) is 12.3 Å². The van der Waals surface area contributed by atoms with Crippen molar-refractivity contribution in [3.63, 3.8) is 0 Å². The van der Waals surface area contributed by atoms with Crippen LogP contribution in [0.2, 0.25) is 0 Å². The SMILES string of the molecule is CC(CN)S(=O)Cc1cccc(O)c1. The largest absolute Gasteiger partial charge is 0.508 e. The third-order valence-electron chi connectivity index (χ3n) is 2.00. The van der Waals surface area contributed by atoms with E-state index in [2.05, 4.69) is 0 Å². The Morgan fingerprint density at radius 1 is 1.57 bits per heavy atom. The van der Waals surface area contributed by atoms with Gasteiger partial charge < -0.3 is 10.8 Å². The minimum atomic E-state index is -0.960. The van der Waals surface area contributed by atoms with E-state index in [1.54, 1.807) is 18.2 Å². The lowest BCUT2D eigenvalue weighted by Crippen LogP contribution is -2.22. The minimum absolute atomic E-state index is 0.00245. The second kappa shape index (κ2) is 5.12. The van der Waals surface area contributed by atoms with E-state index < -0.39 is 10.8 Å². The highest BCUT2D eigenvalue weighted by molar-refractivity contribution is 7.84. The van der Waals surface area contributed by atoms with Crippen LogP contribution in [0.5, 0.6) is 5.75 Å². The summed E-state index contributed by atoms with van der Waals surface area (Å²) in [5.74, 6) is 0.659. The zero-order chi connectivity index (χ0) is 10.6. The molecule has 0 aliphatic rings. The van der Waals surface area contributed by atoms with Crippen LogP contribution in [-0.4, -0.2) is 21.1 Å². The number of benzene rings is 1. The van der Waals surface area contributed by atoms with Gasteiger partial charge in [-0.3, -0.25) is 4.21 Å². The molecule has 0 aliphatic carbocycles. The fourth-order valence-electron chi connectivity index (χ4n) is 1.06. The van der Waals surface area contributed by atoms with Crippen LogP contribution in [0.4, 0.5) is 0 Å². The highest BCUT2D eigenvalue weighted by Crippen LogP contribution is 2.13. The predicted octanol–water partition coefficient (Wildman–Crippen LogP) is 0.988. The van der Waals surface area contributed by atoms with Gasteiger partial charge in [-0.15, -0.1) is 0 Å². The van der Waals surface area contributed by atoms with Crippen LogP contribution in [-0.2, 0) is 16.6 Å². The molecule has 0 aromatic heterocycles. The molecule has 2 atom stereocenters. The maximum atomic E-state index is 11.6. The number of nitrogens with two attached hydrogens (primary N) is 1. The maximum Gasteiger partial charge on any atom is 0.115 e. The van der Waals surface area contributed by atoms with Gasteiger partial charge in [-0.1, -0.05) is 12.1 Å². The second-order valence-corrected chi connectivity index (χ2v) is 5.10. The van der Waals surface area contributed by atoms with Crippen LogP contribution in [0.3, 0.4) is 0 Å². The molecule has 0 saturated carbocycles. The van der Waals surface area contributed by atoms with Gasteiger partial charge in [0.15, 0.2) is 0 Å². The van der Waals surface area contributed by atoms with E-state index >= 15 is 0 Å². The van der Waals surface area contributed by atoms with Gasteiger partial charge in [0, 0.05) is 28.3 Å². The molecule has 0 spiro atoms. The number of hydrogen-bond donors (Lipinski definition) is 2. The van der Waals surface area contributed by atoms with E-state index in [4.69, 9.17) is 5.73 Å². The first-order valence-electron chi connectivity index (χ1n) is 4.48. The number of phenolic OH excluding ortho intramolecular Hbond substituents is 1. The first-order chi connectivity index (χ1) is 6.63. The molecule has 1 aromatic rings. The van der Waals surface area contributed by atoms with Crippen LogP contribution >= 0.6 is 0 Å². The summed E-state index contributed by atoms with van der Waals surface area (Å²) in [6.45, 7) is 2.28. The topological polar surface area (TPSA) is 63.3 Å². The highest BCUT2D eigenvalue weighted by atomic mass is 32.2. The zero-order valence-corrected chi connectivity index (χ0v) is 8.96. The molecule has 1 rings (SSSR count). The molecule has 78 valence electrons. The standard InChI is InChI=1S/C10H15NO2S/c1-8(6-11)14(13)7-9-3-2-4-10(12)5-9/h2-5,8,12H,6-7,11H2,1H3. The summed E-state index contributed by atoms with van der Waals surface area (Å²) in [4.78, 5) is 0. The number of phenols is 1. The minimum Gasteiger partial charge on any atom is -0.508 e. The number of hydrogen-bond acceptors (Lipinski definition) is 3. The van der Waals surface area contributed by atoms with Crippen LogP contribution < -0.4 is 5.73 Å².